The van der Waals surface area contributed by atoms with E-state index in [1.807, 2.05) is 11.8 Å². The summed E-state index contributed by atoms with van der Waals surface area (Å²) in [5.41, 5.74) is 0.467. The quantitative estimate of drug-likeness (QED) is 0.482. The summed E-state index contributed by atoms with van der Waals surface area (Å²) in [6, 6.07) is 0. The maximum atomic E-state index is 4.51. The monoisotopic (exact) mass is 127 g/mol. The van der Waals surface area contributed by atoms with Gasteiger partial charge in [0.2, 0.25) is 0 Å². The summed E-state index contributed by atoms with van der Waals surface area (Å²) in [6.45, 7) is 2.11. The lowest BCUT2D eigenvalue weighted by Crippen LogP contribution is -2.00. The van der Waals surface area contributed by atoms with Gasteiger partial charge in [-0.3, -0.25) is 4.99 Å². The van der Waals surface area contributed by atoms with Crippen molar-refractivity contribution in [1.82, 2.24) is 0 Å². The Morgan fingerprint density at radius 2 is 2.38 bits per heavy atom. The van der Waals surface area contributed by atoms with Crippen molar-refractivity contribution in [2.75, 3.05) is 5.75 Å². The molecule has 0 unspecified atom stereocenters. The van der Waals surface area contributed by atoms with Gasteiger partial charge in [0.15, 0.2) is 0 Å². The van der Waals surface area contributed by atoms with E-state index in [1.54, 1.807) is 0 Å². The van der Waals surface area contributed by atoms with Crippen LogP contribution < -0.4 is 0 Å². The van der Waals surface area contributed by atoms with E-state index in [0.717, 1.165) is 0 Å². The van der Waals surface area contributed by atoms with Gasteiger partial charge in [-0.25, -0.2) is 0 Å². The number of nitrogens with zero attached hydrogens (tertiary/aromatic N) is 1. The van der Waals surface area contributed by atoms with E-state index in [0.29, 0.717) is 5.54 Å². The molecule has 0 radical (unpaired) electrons. The molecule has 0 saturated heterocycles. The highest BCUT2D eigenvalue weighted by atomic mass is 32.2. The molecule has 0 amide bonds. The van der Waals surface area contributed by atoms with E-state index in [2.05, 4.69) is 11.9 Å². The zero-order chi connectivity index (χ0) is 5.61. The summed E-state index contributed by atoms with van der Waals surface area (Å²) in [5, 5.41) is 1.29. The summed E-state index contributed by atoms with van der Waals surface area (Å²) in [5.74, 6) is 1.26. The molecule has 0 bridgehead atoms. The molecule has 1 aliphatic heterocycles. The van der Waals surface area contributed by atoms with Crippen molar-refractivity contribution in [3.05, 3.63) is 0 Å². The van der Waals surface area contributed by atoms with Crippen LogP contribution in [0.5, 0.6) is 0 Å². The summed E-state index contributed by atoms with van der Waals surface area (Å²) in [6.07, 6.45) is 2.69. The van der Waals surface area contributed by atoms with Gasteiger partial charge >= 0.3 is 0 Å². The molecule has 1 spiro atoms. The van der Waals surface area contributed by atoms with Crippen LogP contribution in [0.15, 0.2) is 4.99 Å². The Hall–Kier alpha value is 0.0200. The Morgan fingerprint density at radius 1 is 1.62 bits per heavy atom. The minimum Gasteiger partial charge on any atom is -0.276 e. The number of rotatable bonds is 0. The van der Waals surface area contributed by atoms with Gasteiger partial charge in [0.25, 0.3) is 0 Å². The Bertz CT molecular complexity index is 147. The fourth-order valence-corrected chi connectivity index (χ4v) is 2.13. The van der Waals surface area contributed by atoms with Gasteiger partial charge in [0, 0.05) is 5.75 Å². The van der Waals surface area contributed by atoms with Crippen LogP contribution >= 0.6 is 11.8 Å². The molecule has 0 aromatic heterocycles. The first-order valence-corrected chi connectivity index (χ1v) is 3.99. The predicted octanol–water partition coefficient (Wildman–Crippen LogP) is 1.68. The van der Waals surface area contributed by atoms with Gasteiger partial charge in [0.05, 0.1) is 10.6 Å². The average Bonchev–Trinajstić information content (AvgIpc) is 2.34. The van der Waals surface area contributed by atoms with Crippen molar-refractivity contribution in [2.45, 2.75) is 25.3 Å². The van der Waals surface area contributed by atoms with E-state index in [-0.39, 0.29) is 0 Å². The molecule has 1 nitrogen and oxygen atoms in total. The molecule has 2 aliphatic rings. The van der Waals surface area contributed by atoms with Gasteiger partial charge in [-0.1, -0.05) is 0 Å². The highest BCUT2D eigenvalue weighted by Gasteiger charge is 2.45. The number of hydrogen-bond acceptors (Lipinski definition) is 2. The van der Waals surface area contributed by atoms with E-state index in [9.17, 15) is 0 Å². The molecule has 0 N–H and O–H groups in total. The second-order valence-electron chi connectivity index (χ2n) is 2.64. The lowest BCUT2D eigenvalue weighted by molar-refractivity contribution is 0.793. The smallest absolute Gasteiger partial charge is 0.0713 e. The zero-order valence-electron chi connectivity index (χ0n) is 4.98. The fourth-order valence-electron chi connectivity index (χ4n) is 1.04. The molecule has 1 fully saturated rings. The molecular formula is C6H9NS. The van der Waals surface area contributed by atoms with Crippen LogP contribution in [0.1, 0.15) is 19.8 Å². The molecule has 2 heteroatoms. The van der Waals surface area contributed by atoms with Gasteiger partial charge < -0.3 is 0 Å². The van der Waals surface area contributed by atoms with Crippen LogP contribution in [-0.2, 0) is 0 Å². The van der Waals surface area contributed by atoms with Crippen LogP contribution in [-0.4, -0.2) is 16.3 Å². The second kappa shape index (κ2) is 1.29. The molecule has 2 rings (SSSR count). The standard InChI is InChI=1S/C6H9NS/c1-5-7-6(2-3-6)4-8-5/h2-4H2,1H3. The van der Waals surface area contributed by atoms with Crippen LogP contribution in [0.2, 0.25) is 0 Å². The SMILES string of the molecule is CC1=NC2(CC2)CS1. The molecule has 0 aromatic rings. The largest absolute Gasteiger partial charge is 0.276 e. The third-order valence-electron chi connectivity index (χ3n) is 1.77. The molecule has 1 aliphatic carbocycles. The maximum absolute atomic E-state index is 4.51. The summed E-state index contributed by atoms with van der Waals surface area (Å²) < 4.78 is 0. The van der Waals surface area contributed by atoms with Gasteiger partial charge in [-0.2, -0.15) is 0 Å². The Labute approximate surface area is 53.6 Å². The first-order chi connectivity index (χ1) is 3.81. The molecule has 1 heterocycles. The maximum Gasteiger partial charge on any atom is 0.0713 e. The van der Waals surface area contributed by atoms with Crippen molar-refractivity contribution in [2.24, 2.45) is 4.99 Å². The van der Waals surface area contributed by atoms with Crippen LogP contribution in [0.25, 0.3) is 0 Å². The fraction of sp³-hybridized carbons (Fsp3) is 0.833. The summed E-state index contributed by atoms with van der Waals surface area (Å²) in [7, 11) is 0. The minimum absolute atomic E-state index is 0.467. The third-order valence-corrected chi connectivity index (χ3v) is 2.96. The molecule has 1 saturated carbocycles. The number of aliphatic imine (C=N–C) groups is 1. The molecule has 44 valence electrons. The first kappa shape index (κ1) is 4.86. The minimum atomic E-state index is 0.467. The molecule has 0 aromatic carbocycles. The summed E-state index contributed by atoms with van der Waals surface area (Å²) in [4.78, 5) is 4.51. The lowest BCUT2D eigenvalue weighted by atomic mass is 10.3. The molecule has 8 heavy (non-hydrogen) atoms. The zero-order valence-corrected chi connectivity index (χ0v) is 5.79. The third kappa shape index (κ3) is 0.591. The highest BCUT2D eigenvalue weighted by molar-refractivity contribution is 8.14. The number of hydrogen-bond donors (Lipinski definition) is 0. The predicted molar refractivity (Wildman–Crippen MR) is 37.5 cm³/mol. The van der Waals surface area contributed by atoms with E-state index in [1.165, 1.54) is 23.6 Å². The molecule has 0 atom stereocenters. The average molecular weight is 127 g/mol. The second-order valence-corrected chi connectivity index (χ2v) is 3.81. The van der Waals surface area contributed by atoms with Crippen molar-refractivity contribution >= 4 is 16.8 Å². The topological polar surface area (TPSA) is 12.4 Å². The van der Waals surface area contributed by atoms with Gasteiger partial charge in [-0.15, -0.1) is 11.8 Å². The van der Waals surface area contributed by atoms with Crippen molar-refractivity contribution in [1.29, 1.82) is 0 Å². The normalized spacial score (nSPS) is 30.9. The van der Waals surface area contributed by atoms with Crippen LogP contribution in [0, 0.1) is 0 Å². The van der Waals surface area contributed by atoms with Crippen molar-refractivity contribution in [3.63, 3.8) is 0 Å². The summed E-state index contributed by atoms with van der Waals surface area (Å²) >= 11 is 1.92. The van der Waals surface area contributed by atoms with E-state index < -0.39 is 0 Å². The Morgan fingerprint density at radius 3 is 2.62 bits per heavy atom. The van der Waals surface area contributed by atoms with Crippen LogP contribution in [0.4, 0.5) is 0 Å². The number of thioether (sulfide) groups is 1. The van der Waals surface area contributed by atoms with Crippen LogP contribution in [0.3, 0.4) is 0 Å². The Balaban J connectivity index is 2.22. The van der Waals surface area contributed by atoms with E-state index >= 15 is 0 Å². The van der Waals surface area contributed by atoms with Crippen molar-refractivity contribution < 1.29 is 0 Å². The Kier molecular flexibility index (Phi) is 0.786. The lowest BCUT2D eigenvalue weighted by Gasteiger charge is -1.93. The molecular weight excluding hydrogens is 118 g/mol. The first-order valence-electron chi connectivity index (χ1n) is 3.00. The van der Waals surface area contributed by atoms with E-state index in [4.69, 9.17) is 0 Å². The van der Waals surface area contributed by atoms with Crippen molar-refractivity contribution in [3.8, 4) is 0 Å². The van der Waals surface area contributed by atoms with Gasteiger partial charge in [0.1, 0.15) is 0 Å². The van der Waals surface area contributed by atoms with Gasteiger partial charge in [-0.05, 0) is 19.8 Å². The highest BCUT2D eigenvalue weighted by Crippen LogP contribution is 2.46.